The van der Waals surface area contributed by atoms with Gasteiger partial charge in [-0.25, -0.2) is 4.39 Å². The van der Waals surface area contributed by atoms with Crippen LogP contribution in [-0.2, 0) is 0 Å². The van der Waals surface area contributed by atoms with E-state index in [0.29, 0.717) is 30.3 Å². The molecule has 0 atom stereocenters. The Bertz CT molecular complexity index is 705. The lowest BCUT2D eigenvalue weighted by Crippen LogP contribution is -2.43. The number of nitrogens with zero attached hydrogens (tertiary/aromatic N) is 4. The monoisotopic (exact) mass is 302 g/mol. The Kier molecular flexibility index (Phi) is 3.62. The van der Waals surface area contributed by atoms with E-state index in [2.05, 4.69) is 10.2 Å². The zero-order chi connectivity index (χ0) is 15.7. The zero-order valence-electron chi connectivity index (χ0n) is 12.3. The summed E-state index contributed by atoms with van der Waals surface area (Å²) in [6.07, 6.45) is 0. The van der Waals surface area contributed by atoms with Crippen molar-refractivity contribution in [2.75, 3.05) is 37.0 Å². The summed E-state index contributed by atoms with van der Waals surface area (Å²) in [7, 11) is 3.35. The molecule has 114 valence electrons. The number of halogens is 1. The minimum absolute atomic E-state index is 0.223. The van der Waals surface area contributed by atoms with E-state index in [-0.39, 0.29) is 17.4 Å². The Hall–Kier alpha value is -2.70. The van der Waals surface area contributed by atoms with Gasteiger partial charge in [0.15, 0.2) is 5.69 Å². The van der Waals surface area contributed by atoms with E-state index in [1.807, 2.05) is 11.9 Å². The quantitative estimate of drug-likeness (QED) is 0.845. The molecule has 1 aliphatic rings. The van der Waals surface area contributed by atoms with E-state index < -0.39 is 0 Å². The van der Waals surface area contributed by atoms with E-state index in [9.17, 15) is 9.18 Å². The number of likely N-dealkylation sites (N-methyl/N-ethyl adjacent to an activating group) is 1. The van der Waals surface area contributed by atoms with Gasteiger partial charge in [-0.15, -0.1) is 10.2 Å². The number of aromatic nitrogens is 2. The molecule has 0 saturated carbocycles. The van der Waals surface area contributed by atoms with Crippen molar-refractivity contribution in [1.82, 2.24) is 10.2 Å². The van der Waals surface area contributed by atoms with Crippen molar-refractivity contribution in [3.8, 4) is 5.88 Å². The highest BCUT2D eigenvalue weighted by Gasteiger charge is 2.27. The molecular weight excluding hydrogens is 287 g/mol. The molecule has 2 aromatic rings. The van der Waals surface area contributed by atoms with Gasteiger partial charge in [-0.2, -0.15) is 0 Å². The molecule has 1 aliphatic heterocycles. The number of benzene rings is 1. The van der Waals surface area contributed by atoms with Crippen molar-refractivity contribution >= 4 is 17.3 Å². The first kappa shape index (κ1) is 14.2. The van der Waals surface area contributed by atoms with Crippen LogP contribution in [0.15, 0.2) is 30.3 Å². The average molecular weight is 302 g/mol. The highest BCUT2D eigenvalue weighted by Crippen LogP contribution is 2.33. The van der Waals surface area contributed by atoms with E-state index in [1.165, 1.54) is 19.2 Å². The van der Waals surface area contributed by atoms with Crippen LogP contribution in [0, 0.1) is 5.82 Å². The summed E-state index contributed by atoms with van der Waals surface area (Å²) in [5.41, 5.74) is 1.57. The van der Waals surface area contributed by atoms with Crippen LogP contribution in [0.4, 0.5) is 15.8 Å². The molecule has 0 aliphatic carbocycles. The predicted octanol–water partition coefficient (Wildman–Crippen LogP) is 1.72. The van der Waals surface area contributed by atoms with E-state index in [4.69, 9.17) is 4.74 Å². The number of methoxy groups -OCH3 is 1. The zero-order valence-corrected chi connectivity index (χ0v) is 12.3. The predicted molar refractivity (Wildman–Crippen MR) is 79.9 cm³/mol. The molecule has 1 aromatic carbocycles. The molecule has 0 unspecified atom stereocenters. The van der Waals surface area contributed by atoms with Crippen LogP contribution in [0.5, 0.6) is 5.88 Å². The lowest BCUT2D eigenvalue weighted by atomic mass is 10.1. The number of rotatable bonds is 2. The maximum atomic E-state index is 13.4. The Labute approximate surface area is 127 Å². The standard InChI is InChI=1S/C15H15FN4O2/c1-19-7-8-20(12-5-3-10(16)9-13(12)19)15(21)11-4-6-14(22-2)18-17-11/h3-6,9H,7-8H2,1-2H3. The summed E-state index contributed by atoms with van der Waals surface area (Å²) in [5, 5.41) is 7.69. The first-order valence-corrected chi connectivity index (χ1v) is 6.80. The van der Waals surface area contributed by atoms with Gasteiger partial charge in [-0.05, 0) is 24.3 Å². The molecule has 22 heavy (non-hydrogen) atoms. The van der Waals surface area contributed by atoms with E-state index in [0.717, 1.165) is 0 Å². The minimum Gasteiger partial charge on any atom is -0.480 e. The molecule has 0 bridgehead atoms. The third kappa shape index (κ3) is 2.45. The van der Waals surface area contributed by atoms with Gasteiger partial charge < -0.3 is 14.5 Å². The lowest BCUT2D eigenvalue weighted by molar-refractivity contribution is 0.0980. The van der Waals surface area contributed by atoms with Gasteiger partial charge in [0.2, 0.25) is 5.88 Å². The molecule has 3 rings (SSSR count). The largest absolute Gasteiger partial charge is 0.480 e. The summed E-state index contributed by atoms with van der Waals surface area (Å²) in [4.78, 5) is 16.1. The minimum atomic E-state index is -0.330. The smallest absolute Gasteiger partial charge is 0.278 e. The Morgan fingerprint density at radius 2 is 2.00 bits per heavy atom. The molecule has 0 radical (unpaired) electrons. The van der Waals surface area contributed by atoms with Gasteiger partial charge in [0, 0.05) is 26.2 Å². The molecule has 0 N–H and O–H groups in total. The summed E-state index contributed by atoms with van der Waals surface area (Å²) in [5.74, 6) is -0.252. The van der Waals surface area contributed by atoms with Crippen LogP contribution >= 0.6 is 0 Å². The van der Waals surface area contributed by atoms with Crippen LogP contribution in [0.25, 0.3) is 0 Å². The molecule has 6 nitrogen and oxygen atoms in total. The van der Waals surface area contributed by atoms with Gasteiger partial charge in [-0.1, -0.05) is 0 Å². The van der Waals surface area contributed by atoms with Crippen molar-refractivity contribution in [1.29, 1.82) is 0 Å². The number of amides is 1. The fourth-order valence-corrected chi connectivity index (χ4v) is 2.41. The van der Waals surface area contributed by atoms with Crippen LogP contribution in [0.2, 0.25) is 0 Å². The lowest BCUT2D eigenvalue weighted by Gasteiger charge is -2.35. The van der Waals surface area contributed by atoms with Gasteiger partial charge in [-0.3, -0.25) is 4.79 Å². The van der Waals surface area contributed by atoms with Gasteiger partial charge in [0.1, 0.15) is 5.82 Å². The first-order chi connectivity index (χ1) is 10.6. The Morgan fingerprint density at radius 1 is 1.18 bits per heavy atom. The second kappa shape index (κ2) is 5.59. The molecule has 0 saturated heterocycles. The SMILES string of the molecule is COc1ccc(C(=O)N2CCN(C)c3cc(F)ccc32)nn1. The Morgan fingerprint density at radius 3 is 2.68 bits per heavy atom. The van der Waals surface area contributed by atoms with Gasteiger partial charge in [0.25, 0.3) is 5.91 Å². The molecule has 0 fully saturated rings. The van der Waals surface area contributed by atoms with E-state index in [1.54, 1.807) is 23.1 Å². The summed E-state index contributed by atoms with van der Waals surface area (Å²) >= 11 is 0. The third-order valence-electron chi connectivity index (χ3n) is 3.61. The summed E-state index contributed by atoms with van der Waals surface area (Å²) in [6.45, 7) is 1.12. The maximum absolute atomic E-state index is 13.4. The number of hydrogen-bond donors (Lipinski definition) is 0. The molecule has 2 heterocycles. The average Bonchev–Trinajstić information content (AvgIpc) is 2.55. The molecule has 7 heteroatoms. The second-order valence-corrected chi connectivity index (χ2v) is 4.97. The molecule has 1 amide bonds. The number of carbonyl (C=O) groups excluding carboxylic acids is 1. The number of carbonyl (C=O) groups is 1. The van der Waals surface area contributed by atoms with Crippen molar-refractivity contribution in [3.63, 3.8) is 0 Å². The van der Waals surface area contributed by atoms with Crippen LogP contribution in [0.3, 0.4) is 0 Å². The normalized spacial score (nSPS) is 13.8. The molecule has 1 aromatic heterocycles. The number of hydrogen-bond acceptors (Lipinski definition) is 5. The highest BCUT2D eigenvalue weighted by molar-refractivity contribution is 6.07. The van der Waals surface area contributed by atoms with Crippen LogP contribution < -0.4 is 14.5 Å². The molecular formula is C15H15FN4O2. The fraction of sp³-hybridized carbons (Fsp3) is 0.267. The van der Waals surface area contributed by atoms with Crippen molar-refractivity contribution < 1.29 is 13.9 Å². The fourth-order valence-electron chi connectivity index (χ4n) is 2.41. The summed E-state index contributed by atoms with van der Waals surface area (Å²) in [6, 6.07) is 7.53. The van der Waals surface area contributed by atoms with Crippen LogP contribution in [-0.4, -0.2) is 43.4 Å². The van der Waals surface area contributed by atoms with Crippen LogP contribution in [0.1, 0.15) is 10.5 Å². The third-order valence-corrected chi connectivity index (χ3v) is 3.61. The second-order valence-electron chi connectivity index (χ2n) is 4.97. The number of ether oxygens (including phenoxy) is 1. The number of anilines is 2. The van der Waals surface area contributed by atoms with Gasteiger partial charge in [0.05, 0.1) is 18.5 Å². The summed E-state index contributed by atoms with van der Waals surface area (Å²) < 4.78 is 18.4. The number of fused-ring (bicyclic) bond motifs is 1. The highest BCUT2D eigenvalue weighted by atomic mass is 19.1. The molecule has 0 spiro atoms. The first-order valence-electron chi connectivity index (χ1n) is 6.80. The van der Waals surface area contributed by atoms with Crippen molar-refractivity contribution in [3.05, 3.63) is 41.8 Å². The van der Waals surface area contributed by atoms with Crippen molar-refractivity contribution in [2.24, 2.45) is 0 Å². The van der Waals surface area contributed by atoms with Crippen molar-refractivity contribution in [2.45, 2.75) is 0 Å². The Balaban J connectivity index is 1.95. The maximum Gasteiger partial charge on any atom is 0.278 e. The topological polar surface area (TPSA) is 58.6 Å². The van der Waals surface area contributed by atoms with Gasteiger partial charge >= 0.3 is 0 Å². The van der Waals surface area contributed by atoms with E-state index >= 15 is 0 Å².